The van der Waals surface area contributed by atoms with Crippen LogP contribution in [0, 0.1) is 24.2 Å². The Kier molecular flexibility index (Phi) is 4.44. The van der Waals surface area contributed by atoms with E-state index in [9.17, 15) is 9.90 Å². The molecule has 6 nitrogen and oxygen atoms in total. The lowest BCUT2D eigenvalue weighted by atomic mass is 9.46. The normalized spacial score (nSPS) is 32.0. The van der Waals surface area contributed by atoms with Crippen molar-refractivity contribution in [3.8, 4) is 5.75 Å². The Balaban J connectivity index is 1.47. The van der Waals surface area contributed by atoms with Gasteiger partial charge in [-0.05, 0) is 98.1 Å². The lowest BCUT2D eigenvalue weighted by Crippen LogP contribution is -2.60. The number of phenols is 1. The van der Waals surface area contributed by atoms with Gasteiger partial charge < -0.3 is 10.4 Å². The maximum Gasteiger partial charge on any atom is 0.242 e. The molecule has 2 N–H and O–H groups in total. The number of benzene rings is 1. The Bertz CT molecular complexity index is 1000. The van der Waals surface area contributed by atoms with Gasteiger partial charge in [0.2, 0.25) is 11.2 Å². The standard InChI is InChI=1S/C23H29ClN4O2/c1-13(2)17-6-18(14(3)4-19(17)29)26-20(30)22-7-15-5-16(8-22)10-23(9-15,11-22)28-12-25-21(24)27-28/h4,6,12-13,15-16,29H,5,7-11H2,1-3H3,(H,26,30). The van der Waals surface area contributed by atoms with Crippen molar-refractivity contribution >= 4 is 23.2 Å². The van der Waals surface area contributed by atoms with Crippen molar-refractivity contribution in [1.29, 1.82) is 0 Å². The first-order valence-corrected chi connectivity index (χ1v) is 11.3. The summed E-state index contributed by atoms with van der Waals surface area (Å²) >= 11 is 6.03. The number of hydrogen-bond acceptors (Lipinski definition) is 4. The van der Waals surface area contributed by atoms with Crippen molar-refractivity contribution in [1.82, 2.24) is 14.8 Å². The fourth-order valence-electron chi connectivity index (χ4n) is 6.78. The molecule has 1 heterocycles. The molecule has 4 saturated carbocycles. The van der Waals surface area contributed by atoms with Crippen molar-refractivity contribution in [2.24, 2.45) is 17.3 Å². The Hall–Kier alpha value is -2.08. The second-order valence-corrected chi connectivity index (χ2v) is 10.6. The number of aromatic nitrogens is 3. The third-order valence-corrected chi connectivity index (χ3v) is 7.88. The maximum atomic E-state index is 13.7. The van der Waals surface area contributed by atoms with Crippen LogP contribution >= 0.6 is 11.6 Å². The SMILES string of the molecule is Cc1cc(O)c(C(C)C)cc1NC(=O)C12CC3CC(C1)CC(n1cnc(Cl)n1)(C3)C2. The first-order valence-electron chi connectivity index (χ1n) is 10.9. The molecule has 4 bridgehead atoms. The molecule has 160 valence electrons. The van der Waals surface area contributed by atoms with Crippen molar-refractivity contribution < 1.29 is 9.90 Å². The molecule has 2 atom stereocenters. The molecule has 30 heavy (non-hydrogen) atoms. The third kappa shape index (κ3) is 3.03. The van der Waals surface area contributed by atoms with Gasteiger partial charge in [-0.3, -0.25) is 4.79 Å². The van der Waals surface area contributed by atoms with Gasteiger partial charge in [0.05, 0.1) is 11.0 Å². The second-order valence-electron chi connectivity index (χ2n) is 10.3. The highest BCUT2D eigenvalue weighted by Crippen LogP contribution is 2.64. The van der Waals surface area contributed by atoms with Crippen LogP contribution in [0.5, 0.6) is 5.75 Å². The van der Waals surface area contributed by atoms with Crippen LogP contribution in [0.25, 0.3) is 0 Å². The number of rotatable bonds is 4. The van der Waals surface area contributed by atoms with E-state index < -0.39 is 0 Å². The van der Waals surface area contributed by atoms with Crippen LogP contribution in [0.15, 0.2) is 18.5 Å². The number of aryl methyl sites for hydroxylation is 1. The number of carbonyl (C=O) groups is 1. The van der Waals surface area contributed by atoms with Crippen LogP contribution in [-0.4, -0.2) is 25.8 Å². The molecule has 0 spiro atoms. The molecule has 4 aliphatic rings. The van der Waals surface area contributed by atoms with Crippen molar-refractivity contribution in [2.45, 2.75) is 70.8 Å². The number of halogens is 1. The first-order chi connectivity index (χ1) is 14.2. The summed E-state index contributed by atoms with van der Waals surface area (Å²) in [5.41, 5.74) is 2.00. The van der Waals surface area contributed by atoms with Crippen molar-refractivity contribution in [2.75, 3.05) is 5.32 Å². The molecule has 1 aromatic heterocycles. The van der Waals surface area contributed by atoms with Crippen molar-refractivity contribution in [3.63, 3.8) is 0 Å². The molecule has 0 aliphatic heterocycles. The predicted molar refractivity (Wildman–Crippen MR) is 116 cm³/mol. The van der Waals surface area contributed by atoms with E-state index in [-0.39, 0.29) is 33.8 Å². The minimum Gasteiger partial charge on any atom is -0.508 e. The average Bonchev–Trinajstić information content (AvgIpc) is 3.10. The monoisotopic (exact) mass is 428 g/mol. The molecule has 7 heteroatoms. The number of phenolic OH excluding ortho intramolecular Hbond substituents is 1. The van der Waals surface area contributed by atoms with Crippen LogP contribution in [0.3, 0.4) is 0 Å². The van der Waals surface area contributed by atoms with Gasteiger partial charge in [-0.15, -0.1) is 5.10 Å². The predicted octanol–water partition coefficient (Wildman–Crippen LogP) is 5.00. The van der Waals surface area contributed by atoms with Gasteiger partial charge in [0.1, 0.15) is 12.1 Å². The molecule has 4 fully saturated rings. The summed E-state index contributed by atoms with van der Waals surface area (Å²) in [6.07, 6.45) is 7.70. The van der Waals surface area contributed by atoms with Crippen LogP contribution < -0.4 is 5.32 Å². The zero-order valence-corrected chi connectivity index (χ0v) is 18.5. The summed E-state index contributed by atoms with van der Waals surface area (Å²) in [7, 11) is 0. The van der Waals surface area contributed by atoms with E-state index in [0.717, 1.165) is 48.9 Å². The number of hydrogen-bond donors (Lipinski definition) is 2. The van der Waals surface area contributed by atoms with E-state index in [4.69, 9.17) is 11.6 Å². The molecular formula is C23H29ClN4O2. The van der Waals surface area contributed by atoms with Gasteiger partial charge in [-0.25, -0.2) is 9.67 Å². The van der Waals surface area contributed by atoms with Gasteiger partial charge in [-0.2, -0.15) is 0 Å². The lowest BCUT2D eigenvalue weighted by molar-refractivity contribution is -0.150. The van der Waals surface area contributed by atoms with E-state index in [1.165, 1.54) is 6.42 Å². The van der Waals surface area contributed by atoms with E-state index in [1.807, 2.05) is 31.5 Å². The largest absolute Gasteiger partial charge is 0.508 e. The molecule has 2 unspecified atom stereocenters. The molecule has 6 rings (SSSR count). The molecule has 1 amide bonds. The molecular weight excluding hydrogens is 400 g/mol. The van der Waals surface area contributed by atoms with Gasteiger partial charge in [-0.1, -0.05) is 13.8 Å². The summed E-state index contributed by atoms with van der Waals surface area (Å²) in [4.78, 5) is 17.9. The van der Waals surface area contributed by atoms with Crippen molar-refractivity contribution in [3.05, 3.63) is 34.9 Å². The highest BCUT2D eigenvalue weighted by atomic mass is 35.5. The topological polar surface area (TPSA) is 80.0 Å². The fourth-order valence-corrected chi connectivity index (χ4v) is 6.91. The minimum absolute atomic E-state index is 0.107. The van der Waals surface area contributed by atoms with Gasteiger partial charge in [0.25, 0.3) is 0 Å². The van der Waals surface area contributed by atoms with Gasteiger partial charge >= 0.3 is 0 Å². The zero-order valence-electron chi connectivity index (χ0n) is 17.8. The molecule has 0 saturated heterocycles. The summed E-state index contributed by atoms with van der Waals surface area (Å²) < 4.78 is 1.94. The second kappa shape index (κ2) is 6.71. The van der Waals surface area contributed by atoms with Crippen LogP contribution in [0.4, 0.5) is 5.69 Å². The third-order valence-electron chi connectivity index (χ3n) is 7.71. The molecule has 0 radical (unpaired) electrons. The Morgan fingerprint density at radius 3 is 2.57 bits per heavy atom. The minimum atomic E-state index is -0.384. The fraction of sp³-hybridized carbons (Fsp3) is 0.609. The van der Waals surface area contributed by atoms with E-state index >= 15 is 0 Å². The molecule has 1 aromatic carbocycles. The van der Waals surface area contributed by atoms with Gasteiger partial charge in [0.15, 0.2) is 0 Å². The van der Waals surface area contributed by atoms with E-state index in [2.05, 4.69) is 15.4 Å². The van der Waals surface area contributed by atoms with E-state index in [1.54, 1.807) is 12.4 Å². The Morgan fingerprint density at radius 2 is 1.97 bits per heavy atom. The first kappa shape index (κ1) is 19.9. The number of nitrogens with zero attached hydrogens (tertiary/aromatic N) is 3. The number of carbonyl (C=O) groups excluding carboxylic acids is 1. The quantitative estimate of drug-likeness (QED) is 0.671. The Labute approximate surface area is 182 Å². The van der Waals surface area contributed by atoms with Crippen LogP contribution in [0.1, 0.15) is 69.4 Å². The summed E-state index contributed by atoms with van der Waals surface area (Å²) in [5.74, 6) is 1.65. The number of amides is 1. The highest BCUT2D eigenvalue weighted by molar-refractivity contribution is 6.28. The number of anilines is 1. The summed E-state index contributed by atoms with van der Waals surface area (Å²) in [5, 5.41) is 18.2. The molecule has 4 aliphatic carbocycles. The maximum absolute atomic E-state index is 13.7. The smallest absolute Gasteiger partial charge is 0.242 e. The van der Waals surface area contributed by atoms with Gasteiger partial charge in [0, 0.05) is 5.69 Å². The Morgan fingerprint density at radius 1 is 1.27 bits per heavy atom. The number of aromatic hydroxyl groups is 1. The number of nitrogens with one attached hydrogen (secondary N) is 1. The zero-order chi connectivity index (χ0) is 21.3. The average molecular weight is 429 g/mol. The van der Waals surface area contributed by atoms with Crippen LogP contribution in [0.2, 0.25) is 5.28 Å². The lowest BCUT2D eigenvalue weighted by Gasteiger charge is -2.60. The van der Waals surface area contributed by atoms with E-state index in [0.29, 0.717) is 11.8 Å². The molecule has 2 aromatic rings. The summed E-state index contributed by atoms with van der Waals surface area (Å²) in [6, 6.07) is 3.68. The highest BCUT2D eigenvalue weighted by Gasteiger charge is 2.61. The van der Waals surface area contributed by atoms with Crippen LogP contribution in [-0.2, 0) is 10.3 Å². The summed E-state index contributed by atoms with van der Waals surface area (Å²) in [6.45, 7) is 6.02.